The van der Waals surface area contributed by atoms with Crippen LogP contribution in [-0.4, -0.2) is 48.5 Å². The lowest BCUT2D eigenvalue weighted by atomic mass is 10.1. The molecule has 0 fully saturated rings. The molecule has 0 aliphatic heterocycles. The summed E-state index contributed by atoms with van der Waals surface area (Å²) in [6.07, 6.45) is 1.07. The number of pyridine rings is 1. The van der Waals surface area contributed by atoms with E-state index in [1.54, 1.807) is 59.6 Å². The second kappa shape index (κ2) is 10.6. The Balaban J connectivity index is 1.98. The zero-order valence-electron chi connectivity index (χ0n) is 20.0. The number of hydrogen-bond acceptors (Lipinski definition) is 10. The number of esters is 1. The van der Waals surface area contributed by atoms with E-state index in [0.717, 1.165) is 5.39 Å². The van der Waals surface area contributed by atoms with E-state index in [2.05, 4.69) is 20.6 Å². The van der Waals surface area contributed by atoms with Crippen molar-refractivity contribution in [3.63, 3.8) is 0 Å². The molecule has 3 aromatic rings. The van der Waals surface area contributed by atoms with E-state index in [9.17, 15) is 9.59 Å². The predicted octanol–water partition coefficient (Wildman–Crippen LogP) is 4.65. The number of thiazole rings is 1. The van der Waals surface area contributed by atoms with Crippen LogP contribution in [0.25, 0.3) is 10.8 Å². The molecule has 0 aliphatic carbocycles. The number of nitrogens with one attached hydrogen (secondary N) is 2. The van der Waals surface area contributed by atoms with Gasteiger partial charge in [-0.15, -0.1) is 11.3 Å². The van der Waals surface area contributed by atoms with Gasteiger partial charge in [-0.3, -0.25) is 4.98 Å². The lowest BCUT2D eigenvalue weighted by Crippen LogP contribution is -2.32. The molecule has 2 N–H and O–H groups in total. The van der Waals surface area contributed by atoms with Crippen LogP contribution in [0.3, 0.4) is 0 Å². The molecule has 3 rings (SSSR count). The average Bonchev–Trinajstić information content (AvgIpc) is 3.25. The Hall–Kier alpha value is -3.60. The number of hydrogen-bond donors (Lipinski definition) is 2. The van der Waals surface area contributed by atoms with Crippen LogP contribution in [0.4, 0.5) is 15.6 Å². The number of aromatic nitrogens is 2. The number of anilines is 2. The molecule has 0 atom stereocenters. The predicted molar refractivity (Wildman–Crippen MR) is 129 cm³/mol. The first-order valence-corrected chi connectivity index (χ1v) is 11.4. The summed E-state index contributed by atoms with van der Waals surface area (Å²) in [6, 6.07) is 3.58. The van der Waals surface area contributed by atoms with Gasteiger partial charge in [-0.1, -0.05) is 0 Å². The van der Waals surface area contributed by atoms with Gasteiger partial charge in [-0.2, -0.15) is 0 Å². The van der Waals surface area contributed by atoms with Crippen molar-refractivity contribution in [1.82, 2.24) is 15.3 Å². The minimum absolute atomic E-state index is 0.124. The van der Waals surface area contributed by atoms with Crippen molar-refractivity contribution in [3.05, 3.63) is 35.1 Å². The molecule has 2 aromatic heterocycles. The summed E-state index contributed by atoms with van der Waals surface area (Å²) < 4.78 is 21.4. The molecular formula is C23H28N4O6S. The third-order valence-electron chi connectivity index (χ3n) is 4.49. The first-order valence-electron chi connectivity index (χ1n) is 10.5. The first-order chi connectivity index (χ1) is 16.1. The van der Waals surface area contributed by atoms with Gasteiger partial charge in [-0.25, -0.2) is 14.6 Å². The Labute approximate surface area is 201 Å². The molecular weight excluding hydrogens is 460 g/mol. The quantitative estimate of drug-likeness (QED) is 0.436. The first kappa shape index (κ1) is 25.0. The van der Waals surface area contributed by atoms with Gasteiger partial charge in [0, 0.05) is 22.2 Å². The van der Waals surface area contributed by atoms with Gasteiger partial charge in [0.15, 0.2) is 10.8 Å². The molecule has 0 saturated carbocycles. The average molecular weight is 489 g/mol. The zero-order chi connectivity index (χ0) is 24.9. The number of carbonyl (C=O) groups is 2. The van der Waals surface area contributed by atoms with Crippen molar-refractivity contribution in [3.8, 4) is 11.5 Å². The summed E-state index contributed by atoms with van der Waals surface area (Å²) in [4.78, 5) is 33.0. The molecule has 0 bridgehead atoms. The van der Waals surface area contributed by atoms with Gasteiger partial charge in [0.25, 0.3) is 0 Å². The van der Waals surface area contributed by atoms with E-state index in [1.165, 1.54) is 11.3 Å². The molecule has 1 aromatic carbocycles. The monoisotopic (exact) mass is 488 g/mol. The van der Waals surface area contributed by atoms with Crippen molar-refractivity contribution < 1.29 is 28.5 Å². The highest BCUT2D eigenvalue weighted by Gasteiger charge is 2.19. The van der Waals surface area contributed by atoms with E-state index in [-0.39, 0.29) is 18.8 Å². The topological polar surface area (TPSA) is 121 Å². The fraction of sp³-hybridized carbons (Fsp3) is 0.391. The molecule has 0 spiro atoms. The Morgan fingerprint density at radius 3 is 2.56 bits per heavy atom. The zero-order valence-corrected chi connectivity index (χ0v) is 20.8. The Bertz CT molecular complexity index is 1190. The number of amides is 1. The second-order valence-corrected chi connectivity index (χ2v) is 8.97. The number of ether oxygens (including phenoxy) is 4. The lowest BCUT2D eigenvalue weighted by molar-refractivity contribution is 0.0511. The van der Waals surface area contributed by atoms with E-state index in [4.69, 9.17) is 18.9 Å². The maximum atomic E-state index is 12.2. The van der Waals surface area contributed by atoms with E-state index >= 15 is 0 Å². The SMILES string of the molecule is CCOC(=O)c1csc(Nc2cnc(CNC(=O)OC(C)(C)C)c3c(OC)cc(OC)cc23)n1. The van der Waals surface area contributed by atoms with E-state index in [0.29, 0.717) is 33.4 Å². The van der Waals surface area contributed by atoms with Gasteiger partial charge in [0.1, 0.15) is 17.1 Å². The van der Waals surface area contributed by atoms with Gasteiger partial charge in [-0.05, 0) is 33.8 Å². The molecule has 0 aliphatic rings. The molecule has 182 valence electrons. The summed E-state index contributed by atoms with van der Waals surface area (Å²) in [5.74, 6) is 0.621. The standard InChI is InChI=1S/C23H28N4O6S/c1-7-32-20(28)17-12-34-21(27-17)26-15-10-24-16(11-25-22(29)33-23(2,3)4)19-14(15)8-13(30-5)9-18(19)31-6/h8-10,12H,7,11H2,1-6H3,(H,25,29)(H,26,27). The number of carbonyl (C=O) groups excluding carboxylic acids is 2. The highest BCUT2D eigenvalue weighted by Crippen LogP contribution is 2.38. The van der Waals surface area contributed by atoms with Crippen LogP contribution in [0, 0.1) is 0 Å². The summed E-state index contributed by atoms with van der Waals surface area (Å²) in [5, 5.41) is 9.47. The molecule has 2 heterocycles. The molecule has 0 saturated heterocycles. The summed E-state index contributed by atoms with van der Waals surface area (Å²) in [6.45, 7) is 7.51. The van der Waals surface area contributed by atoms with Crippen LogP contribution >= 0.6 is 11.3 Å². The molecule has 0 unspecified atom stereocenters. The number of fused-ring (bicyclic) bond motifs is 1. The molecule has 1 amide bonds. The van der Waals surface area contributed by atoms with Crippen LogP contribution < -0.4 is 20.1 Å². The third kappa shape index (κ3) is 6.04. The fourth-order valence-corrected chi connectivity index (χ4v) is 3.80. The van der Waals surface area contributed by atoms with Gasteiger partial charge < -0.3 is 29.6 Å². The molecule has 11 heteroatoms. The number of nitrogens with zero attached hydrogens (tertiary/aromatic N) is 2. The van der Waals surface area contributed by atoms with Crippen LogP contribution in [-0.2, 0) is 16.0 Å². The van der Waals surface area contributed by atoms with Crippen LogP contribution in [0.1, 0.15) is 43.9 Å². The number of alkyl carbamates (subject to hydrolysis) is 1. The Morgan fingerprint density at radius 2 is 1.91 bits per heavy atom. The van der Waals surface area contributed by atoms with Crippen molar-refractivity contribution in [2.75, 3.05) is 26.1 Å². The van der Waals surface area contributed by atoms with Crippen molar-refractivity contribution >= 4 is 45.0 Å². The van der Waals surface area contributed by atoms with E-state index < -0.39 is 17.7 Å². The normalized spacial score (nSPS) is 11.1. The van der Waals surface area contributed by atoms with Crippen molar-refractivity contribution in [1.29, 1.82) is 0 Å². The Kier molecular flexibility index (Phi) is 7.77. The second-order valence-electron chi connectivity index (χ2n) is 8.11. The van der Waals surface area contributed by atoms with Crippen molar-refractivity contribution in [2.24, 2.45) is 0 Å². The summed E-state index contributed by atoms with van der Waals surface area (Å²) in [7, 11) is 3.11. The maximum absolute atomic E-state index is 12.2. The molecule has 0 radical (unpaired) electrons. The highest BCUT2D eigenvalue weighted by atomic mass is 32.1. The number of rotatable bonds is 8. The van der Waals surface area contributed by atoms with Gasteiger partial charge in [0.05, 0.1) is 44.9 Å². The molecule has 34 heavy (non-hydrogen) atoms. The van der Waals surface area contributed by atoms with Crippen molar-refractivity contribution in [2.45, 2.75) is 39.8 Å². The minimum Gasteiger partial charge on any atom is -0.497 e. The summed E-state index contributed by atoms with van der Waals surface area (Å²) >= 11 is 1.26. The highest BCUT2D eigenvalue weighted by molar-refractivity contribution is 7.14. The number of methoxy groups -OCH3 is 2. The maximum Gasteiger partial charge on any atom is 0.407 e. The van der Waals surface area contributed by atoms with Crippen LogP contribution in [0.2, 0.25) is 0 Å². The summed E-state index contributed by atoms with van der Waals surface area (Å²) in [5.41, 5.74) is 0.810. The fourth-order valence-electron chi connectivity index (χ4n) is 3.10. The Morgan fingerprint density at radius 1 is 1.15 bits per heavy atom. The minimum atomic E-state index is -0.617. The lowest BCUT2D eigenvalue weighted by Gasteiger charge is -2.20. The number of benzene rings is 1. The van der Waals surface area contributed by atoms with Gasteiger partial charge in [0.2, 0.25) is 0 Å². The van der Waals surface area contributed by atoms with Crippen LogP contribution in [0.5, 0.6) is 11.5 Å². The van der Waals surface area contributed by atoms with Gasteiger partial charge >= 0.3 is 12.1 Å². The van der Waals surface area contributed by atoms with Crippen LogP contribution in [0.15, 0.2) is 23.7 Å². The largest absolute Gasteiger partial charge is 0.497 e. The van der Waals surface area contributed by atoms with E-state index in [1.807, 2.05) is 6.07 Å². The molecule has 10 nitrogen and oxygen atoms in total. The third-order valence-corrected chi connectivity index (χ3v) is 5.25. The smallest absolute Gasteiger partial charge is 0.407 e.